The van der Waals surface area contributed by atoms with Gasteiger partial charge < -0.3 is 20.9 Å². The van der Waals surface area contributed by atoms with Gasteiger partial charge in [-0.1, -0.05) is 12.8 Å². The van der Waals surface area contributed by atoms with E-state index in [4.69, 9.17) is 5.73 Å². The van der Waals surface area contributed by atoms with Gasteiger partial charge in [-0.25, -0.2) is 0 Å². The van der Waals surface area contributed by atoms with Crippen molar-refractivity contribution in [1.82, 2.24) is 15.1 Å². The lowest BCUT2D eigenvalue weighted by Crippen LogP contribution is -2.51. The van der Waals surface area contributed by atoms with E-state index < -0.39 is 18.0 Å². The first-order chi connectivity index (χ1) is 12.4. The Balaban J connectivity index is 1.76. The summed E-state index contributed by atoms with van der Waals surface area (Å²) in [6.07, 6.45) is 5.82. The third kappa shape index (κ3) is 5.44. The van der Waals surface area contributed by atoms with Crippen LogP contribution in [-0.4, -0.2) is 65.1 Å². The molecule has 2 rings (SSSR count). The van der Waals surface area contributed by atoms with Gasteiger partial charge in [-0.05, 0) is 32.6 Å². The number of carbonyl (C=O) groups excluding carboxylic acids is 4. The number of nitrogens with zero attached hydrogens (tertiary/aromatic N) is 2. The van der Waals surface area contributed by atoms with Crippen LogP contribution in [0.5, 0.6) is 0 Å². The topological polar surface area (TPSA) is 113 Å². The van der Waals surface area contributed by atoms with Gasteiger partial charge >= 0.3 is 0 Å². The van der Waals surface area contributed by atoms with E-state index in [-0.39, 0.29) is 30.6 Å². The van der Waals surface area contributed by atoms with Crippen LogP contribution in [0.4, 0.5) is 0 Å². The Morgan fingerprint density at radius 3 is 2.27 bits per heavy atom. The average Bonchev–Trinajstić information content (AvgIpc) is 2.94. The van der Waals surface area contributed by atoms with Gasteiger partial charge in [0, 0.05) is 32.5 Å². The zero-order valence-corrected chi connectivity index (χ0v) is 15.5. The van der Waals surface area contributed by atoms with E-state index in [9.17, 15) is 19.2 Å². The molecular formula is C18H30N4O4. The zero-order chi connectivity index (χ0) is 19.1. The van der Waals surface area contributed by atoms with E-state index in [2.05, 4.69) is 5.32 Å². The summed E-state index contributed by atoms with van der Waals surface area (Å²) in [7, 11) is 0. The molecule has 2 atom stereocenters. The van der Waals surface area contributed by atoms with E-state index in [0.717, 1.165) is 45.2 Å². The van der Waals surface area contributed by atoms with Crippen LogP contribution < -0.4 is 11.1 Å². The highest BCUT2D eigenvalue weighted by Gasteiger charge is 2.35. The summed E-state index contributed by atoms with van der Waals surface area (Å²) in [4.78, 5) is 51.5. The van der Waals surface area contributed by atoms with Crippen molar-refractivity contribution in [2.24, 2.45) is 5.73 Å². The fourth-order valence-electron chi connectivity index (χ4n) is 3.65. The van der Waals surface area contributed by atoms with E-state index in [0.29, 0.717) is 13.0 Å². The van der Waals surface area contributed by atoms with Crippen LogP contribution in [0.1, 0.15) is 58.3 Å². The van der Waals surface area contributed by atoms with Crippen molar-refractivity contribution in [2.75, 3.05) is 19.6 Å². The minimum Gasteiger partial charge on any atom is -0.368 e. The minimum atomic E-state index is -0.740. The fourth-order valence-corrected chi connectivity index (χ4v) is 3.65. The second-order valence-corrected chi connectivity index (χ2v) is 7.18. The smallest absolute Gasteiger partial charge is 0.245 e. The molecule has 146 valence electrons. The van der Waals surface area contributed by atoms with Crippen molar-refractivity contribution >= 4 is 23.6 Å². The molecule has 2 heterocycles. The molecule has 3 N–H and O–H groups in total. The maximum absolute atomic E-state index is 12.4. The van der Waals surface area contributed by atoms with Crippen molar-refractivity contribution < 1.29 is 19.2 Å². The number of carbonyl (C=O) groups is 4. The van der Waals surface area contributed by atoms with Crippen LogP contribution in [-0.2, 0) is 19.2 Å². The zero-order valence-electron chi connectivity index (χ0n) is 15.5. The number of hydrogen-bond donors (Lipinski definition) is 2. The standard InChI is InChI=1S/C18H30N4O4/c1-13(18(26)22-12-6-7-14(22)17(19)25)20-15(23)8-9-16(24)21-10-4-2-3-5-11-21/h13-14H,2-12H2,1H3,(H2,19,25)(H,20,23)/t13?,14-/m0/s1. The van der Waals surface area contributed by atoms with E-state index >= 15 is 0 Å². The Kier molecular flexibility index (Phi) is 7.41. The van der Waals surface area contributed by atoms with Gasteiger partial charge in [-0.3, -0.25) is 19.2 Å². The second kappa shape index (κ2) is 9.54. The molecule has 2 saturated heterocycles. The molecule has 8 nitrogen and oxygen atoms in total. The molecule has 0 aromatic carbocycles. The van der Waals surface area contributed by atoms with Crippen molar-refractivity contribution in [2.45, 2.75) is 70.4 Å². The first kappa shape index (κ1) is 20.2. The highest BCUT2D eigenvalue weighted by atomic mass is 16.2. The number of likely N-dealkylation sites (tertiary alicyclic amines) is 2. The second-order valence-electron chi connectivity index (χ2n) is 7.18. The summed E-state index contributed by atoms with van der Waals surface area (Å²) in [5.41, 5.74) is 5.33. The summed E-state index contributed by atoms with van der Waals surface area (Å²) in [5, 5.41) is 2.63. The first-order valence-corrected chi connectivity index (χ1v) is 9.57. The number of nitrogens with two attached hydrogens (primary N) is 1. The normalized spacial score (nSPS) is 21.8. The van der Waals surface area contributed by atoms with E-state index in [1.807, 2.05) is 4.90 Å². The van der Waals surface area contributed by atoms with Crippen LogP contribution in [0.3, 0.4) is 0 Å². The molecule has 0 radical (unpaired) electrons. The highest BCUT2D eigenvalue weighted by molar-refractivity contribution is 5.92. The SMILES string of the molecule is CC(NC(=O)CCC(=O)N1CCCCCC1)C(=O)N1CCC[C@H]1C(N)=O. The maximum atomic E-state index is 12.4. The maximum Gasteiger partial charge on any atom is 0.245 e. The molecule has 4 amide bonds. The molecule has 2 aliphatic rings. The number of hydrogen-bond acceptors (Lipinski definition) is 4. The number of nitrogens with one attached hydrogen (secondary N) is 1. The predicted octanol–water partition coefficient (Wildman–Crippen LogP) is 0.150. The number of primary amides is 1. The van der Waals surface area contributed by atoms with Gasteiger partial charge in [-0.2, -0.15) is 0 Å². The number of amides is 4. The summed E-state index contributed by atoms with van der Waals surface area (Å²) in [5.74, 6) is -1.16. The fraction of sp³-hybridized carbons (Fsp3) is 0.778. The molecule has 0 bridgehead atoms. The van der Waals surface area contributed by atoms with Gasteiger partial charge in [0.1, 0.15) is 12.1 Å². The third-order valence-electron chi connectivity index (χ3n) is 5.14. The molecule has 0 aromatic heterocycles. The monoisotopic (exact) mass is 366 g/mol. The molecular weight excluding hydrogens is 336 g/mol. The van der Waals surface area contributed by atoms with Crippen LogP contribution in [0, 0.1) is 0 Å². The van der Waals surface area contributed by atoms with Crippen LogP contribution in [0.25, 0.3) is 0 Å². The Hall–Kier alpha value is -2.12. The van der Waals surface area contributed by atoms with Crippen molar-refractivity contribution in [3.8, 4) is 0 Å². The Labute approximate surface area is 154 Å². The molecule has 0 aliphatic carbocycles. The summed E-state index contributed by atoms with van der Waals surface area (Å²) in [6.45, 7) is 3.59. The number of rotatable bonds is 6. The third-order valence-corrected chi connectivity index (χ3v) is 5.14. The Bertz CT molecular complexity index is 543. The highest BCUT2D eigenvalue weighted by Crippen LogP contribution is 2.18. The van der Waals surface area contributed by atoms with Gasteiger partial charge in [-0.15, -0.1) is 0 Å². The van der Waals surface area contributed by atoms with Crippen LogP contribution in [0.15, 0.2) is 0 Å². The summed E-state index contributed by atoms with van der Waals surface area (Å²) in [6, 6.07) is -1.33. The van der Waals surface area contributed by atoms with Gasteiger partial charge in [0.15, 0.2) is 0 Å². The molecule has 0 saturated carbocycles. The summed E-state index contributed by atoms with van der Waals surface area (Å²) >= 11 is 0. The molecule has 26 heavy (non-hydrogen) atoms. The lowest BCUT2D eigenvalue weighted by Gasteiger charge is -2.26. The molecule has 0 spiro atoms. The van der Waals surface area contributed by atoms with Gasteiger partial charge in [0.25, 0.3) is 0 Å². The predicted molar refractivity (Wildman–Crippen MR) is 95.8 cm³/mol. The van der Waals surface area contributed by atoms with E-state index in [1.165, 1.54) is 4.90 Å². The average molecular weight is 366 g/mol. The lowest BCUT2D eigenvalue weighted by atomic mass is 10.2. The van der Waals surface area contributed by atoms with Crippen molar-refractivity contribution in [3.63, 3.8) is 0 Å². The Morgan fingerprint density at radius 1 is 1.00 bits per heavy atom. The van der Waals surface area contributed by atoms with Gasteiger partial charge in [0.2, 0.25) is 23.6 Å². The van der Waals surface area contributed by atoms with Crippen molar-refractivity contribution in [1.29, 1.82) is 0 Å². The quantitative estimate of drug-likeness (QED) is 0.696. The van der Waals surface area contributed by atoms with Gasteiger partial charge in [0.05, 0.1) is 0 Å². The Morgan fingerprint density at radius 2 is 1.65 bits per heavy atom. The molecule has 1 unspecified atom stereocenters. The molecule has 8 heteroatoms. The molecule has 0 aromatic rings. The largest absolute Gasteiger partial charge is 0.368 e. The summed E-state index contributed by atoms with van der Waals surface area (Å²) < 4.78 is 0. The van der Waals surface area contributed by atoms with Crippen LogP contribution >= 0.6 is 0 Å². The molecule has 2 aliphatic heterocycles. The lowest BCUT2D eigenvalue weighted by molar-refractivity contribution is -0.140. The molecule has 2 fully saturated rings. The van der Waals surface area contributed by atoms with E-state index in [1.54, 1.807) is 6.92 Å². The minimum absolute atomic E-state index is 0.00522. The van der Waals surface area contributed by atoms with Crippen LogP contribution in [0.2, 0.25) is 0 Å². The first-order valence-electron chi connectivity index (χ1n) is 9.57. The van der Waals surface area contributed by atoms with Crippen molar-refractivity contribution in [3.05, 3.63) is 0 Å².